The van der Waals surface area contributed by atoms with Gasteiger partial charge in [-0.2, -0.15) is 0 Å². The second-order valence-corrected chi connectivity index (χ2v) is 3.19. The number of hydrogen-bond acceptors (Lipinski definition) is 2. The summed E-state index contributed by atoms with van der Waals surface area (Å²) in [5, 5.41) is 0. The zero-order chi connectivity index (χ0) is 11.5. The third-order valence-corrected chi connectivity index (χ3v) is 2.14. The SMILES string of the molecule is COc1cccc(-c2cc(F)ccc2F)n1. The highest BCUT2D eigenvalue weighted by molar-refractivity contribution is 5.60. The Morgan fingerprint density at radius 3 is 2.69 bits per heavy atom. The van der Waals surface area contributed by atoms with Crippen molar-refractivity contribution in [2.24, 2.45) is 0 Å². The zero-order valence-corrected chi connectivity index (χ0v) is 8.58. The normalized spacial score (nSPS) is 10.2. The van der Waals surface area contributed by atoms with E-state index in [-0.39, 0.29) is 5.56 Å². The van der Waals surface area contributed by atoms with Crippen LogP contribution in [0.4, 0.5) is 8.78 Å². The van der Waals surface area contributed by atoms with Crippen molar-refractivity contribution in [2.75, 3.05) is 7.11 Å². The molecule has 0 amide bonds. The molecule has 0 saturated carbocycles. The highest BCUT2D eigenvalue weighted by Crippen LogP contribution is 2.23. The van der Waals surface area contributed by atoms with Crippen molar-refractivity contribution >= 4 is 0 Å². The Morgan fingerprint density at radius 2 is 1.94 bits per heavy atom. The fraction of sp³-hybridized carbons (Fsp3) is 0.0833. The third-order valence-electron chi connectivity index (χ3n) is 2.14. The van der Waals surface area contributed by atoms with Gasteiger partial charge in [-0.15, -0.1) is 0 Å². The Morgan fingerprint density at radius 1 is 1.12 bits per heavy atom. The molecule has 2 nitrogen and oxygen atoms in total. The van der Waals surface area contributed by atoms with Crippen LogP contribution in [0.3, 0.4) is 0 Å². The predicted molar refractivity (Wildman–Crippen MR) is 56.1 cm³/mol. The van der Waals surface area contributed by atoms with Gasteiger partial charge in [0.05, 0.1) is 12.8 Å². The van der Waals surface area contributed by atoms with E-state index in [1.54, 1.807) is 18.2 Å². The van der Waals surface area contributed by atoms with Crippen LogP contribution in [0.2, 0.25) is 0 Å². The van der Waals surface area contributed by atoms with Gasteiger partial charge in [0.15, 0.2) is 0 Å². The minimum atomic E-state index is -0.512. The summed E-state index contributed by atoms with van der Waals surface area (Å²) >= 11 is 0. The van der Waals surface area contributed by atoms with Crippen molar-refractivity contribution in [1.82, 2.24) is 4.98 Å². The van der Waals surface area contributed by atoms with Gasteiger partial charge in [-0.05, 0) is 24.3 Å². The van der Waals surface area contributed by atoms with Gasteiger partial charge in [0.1, 0.15) is 11.6 Å². The Balaban J connectivity index is 2.53. The maximum Gasteiger partial charge on any atom is 0.213 e. The topological polar surface area (TPSA) is 22.1 Å². The number of halogens is 2. The molecule has 0 N–H and O–H groups in total. The first-order valence-corrected chi connectivity index (χ1v) is 4.67. The molecule has 0 aliphatic rings. The number of ether oxygens (including phenoxy) is 1. The summed E-state index contributed by atoms with van der Waals surface area (Å²) in [7, 11) is 1.47. The Hall–Kier alpha value is -1.97. The van der Waals surface area contributed by atoms with Crippen LogP contribution in [0.5, 0.6) is 5.88 Å². The molecule has 0 aliphatic heterocycles. The molecule has 16 heavy (non-hydrogen) atoms. The average molecular weight is 221 g/mol. The van der Waals surface area contributed by atoms with Crippen LogP contribution in [-0.4, -0.2) is 12.1 Å². The largest absolute Gasteiger partial charge is 0.481 e. The summed E-state index contributed by atoms with van der Waals surface area (Å²) < 4.78 is 31.4. The Bertz CT molecular complexity index is 514. The van der Waals surface area contributed by atoms with Crippen LogP contribution in [0, 0.1) is 11.6 Å². The first kappa shape index (κ1) is 10.5. The lowest BCUT2D eigenvalue weighted by molar-refractivity contribution is 0.398. The van der Waals surface area contributed by atoms with E-state index in [9.17, 15) is 8.78 Å². The minimum Gasteiger partial charge on any atom is -0.481 e. The maximum absolute atomic E-state index is 13.4. The molecule has 82 valence electrons. The predicted octanol–water partition coefficient (Wildman–Crippen LogP) is 3.04. The van der Waals surface area contributed by atoms with Crippen molar-refractivity contribution in [1.29, 1.82) is 0 Å². The summed E-state index contributed by atoms with van der Waals surface area (Å²) in [6.07, 6.45) is 0. The highest BCUT2D eigenvalue weighted by atomic mass is 19.1. The number of aromatic nitrogens is 1. The standard InChI is InChI=1S/C12H9F2NO/c1-16-12-4-2-3-11(15-12)9-7-8(13)5-6-10(9)14/h2-7H,1H3. The fourth-order valence-electron chi connectivity index (χ4n) is 1.37. The van der Waals surface area contributed by atoms with Crippen molar-refractivity contribution in [3.8, 4) is 17.1 Å². The van der Waals surface area contributed by atoms with Crippen LogP contribution in [0.15, 0.2) is 36.4 Å². The van der Waals surface area contributed by atoms with Gasteiger partial charge in [-0.25, -0.2) is 13.8 Å². The van der Waals surface area contributed by atoms with E-state index >= 15 is 0 Å². The molecule has 2 aromatic rings. The van der Waals surface area contributed by atoms with Crippen LogP contribution in [0.25, 0.3) is 11.3 Å². The van der Waals surface area contributed by atoms with E-state index in [1.807, 2.05) is 0 Å². The van der Waals surface area contributed by atoms with E-state index in [2.05, 4.69) is 4.98 Å². The molecule has 4 heteroatoms. The number of benzene rings is 1. The minimum absolute atomic E-state index is 0.124. The maximum atomic E-state index is 13.4. The number of nitrogens with zero attached hydrogens (tertiary/aromatic N) is 1. The molecule has 0 fully saturated rings. The quantitative estimate of drug-likeness (QED) is 0.777. The van der Waals surface area contributed by atoms with Crippen LogP contribution in [0.1, 0.15) is 0 Å². The van der Waals surface area contributed by atoms with Crippen molar-refractivity contribution in [2.45, 2.75) is 0 Å². The summed E-state index contributed by atoms with van der Waals surface area (Å²) in [6.45, 7) is 0. The lowest BCUT2D eigenvalue weighted by Gasteiger charge is -2.04. The molecule has 1 heterocycles. The summed E-state index contributed by atoms with van der Waals surface area (Å²) in [5.74, 6) is -0.649. The number of methoxy groups -OCH3 is 1. The third kappa shape index (κ3) is 2.00. The summed E-state index contributed by atoms with van der Waals surface area (Å²) in [6, 6.07) is 8.16. The summed E-state index contributed by atoms with van der Waals surface area (Å²) in [4.78, 5) is 4.03. The lowest BCUT2D eigenvalue weighted by Crippen LogP contribution is -1.92. The van der Waals surface area contributed by atoms with Crippen LogP contribution in [-0.2, 0) is 0 Å². The van der Waals surface area contributed by atoms with E-state index in [1.165, 1.54) is 7.11 Å². The van der Waals surface area contributed by atoms with Crippen molar-refractivity contribution < 1.29 is 13.5 Å². The van der Waals surface area contributed by atoms with Crippen LogP contribution < -0.4 is 4.74 Å². The van der Waals surface area contributed by atoms with Gasteiger partial charge in [0.2, 0.25) is 5.88 Å². The van der Waals surface area contributed by atoms with Gasteiger partial charge >= 0.3 is 0 Å². The van der Waals surface area contributed by atoms with Gasteiger partial charge < -0.3 is 4.74 Å². The van der Waals surface area contributed by atoms with Gasteiger partial charge in [-0.1, -0.05) is 6.07 Å². The number of hydrogen-bond donors (Lipinski definition) is 0. The van der Waals surface area contributed by atoms with Crippen molar-refractivity contribution in [3.05, 3.63) is 48.0 Å². The molecule has 2 rings (SSSR count). The lowest BCUT2D eigenvalue weighted by atomic mass is 10.1. The molecule has 0 spiro atoms. The number of pyridine rings is 1. The smallest absolute Gasteiger partial charge is 0.213 e. The average Bonchev–Trinajstić information content (AvgIpc) is 2.32. The highest BCUT2D eigenvalue weighted by Gasteiger charge is 2.08. The molecular formula is C12H9F2NO. The second-order valence-electron chi connectivity index (χ2n) is 3.19. The van der Waals surface area contributed by atoms with E-state index in [0.717, 1.165) is 18.2 Å². The first-order chi connectivity index (χ1) is 7.70. The Labute approximate surface area is 91.5 Å². The fourth-order valence-corrected chi connectivity index (χ4v) is 1.37. The molecule has 0 unspecified atom stereocenters. The zero-order valence-electron chi connectivity index (χ0n) is 8.58. The molecule has 0 bridgehead atoms. The number of rotatable bonds is 2. The molecule has 1 aromatic heterocycles. The van der Waals surface area contributed by atoms with Crippen molar-refractivity contribution in [3.63, 3.8) is 0 Å². The van der Waals surface area contributed by atoms with Gasteiger partial charge in [-0.3, -0.25) is 0 Å². The molecular weight excluding hydrogens is 212 g/mol. The molecule has 0 radical (unpaired) electrons. The molecule has 1 aromatic carbocycles. The monoisotopic (exact) mass is 221 g/mol. The van der Waals surface area contributed by atoms with Crippen LogP contribution >= 0.6 is 0 Å². The Kier molecular flexibility index (Phi) is 2.81. The van der Waals surface area contributed by atoms with Gasteiger partial charge in [0, 0.05) is 11.6 Å². The first-order valence-electron chi connectivity index (χ1n) is 4.67. The van der Waals surface area contributed by atoms with E-state index < -0.39 is 11.6 Å². The molecule has 0 aliphatic carbocycles. The second kappa shape index (κ2) is 4.26. The summed E-state index contributed by atoms with van der Waals surface area (Å²) in [5.41, 5.74) is 0.468. The van der Waals surface area contributed by atoms with E-state index in [0.29, 0.717) is 11.6 Å². The van der Waals surface area contributed by atoms with Gasteiger partial charge in [0.25, 0.3) is 0 Å². The van der Waals surface area contributed by atoms with E-state index in [4.69, 9.17) is 4.74 Å². The molecule has 0 atom stereocenters. The molecule has 0 saturated heterocycles.